The normalized spacial score (nSPS) is 23.0. The van der Waals surface area contributed by atoms with Crippen LogP contribution < -0.4 is 0 Å². The van der Waals surface area contributed by atoms with Gasteiger partial charge in [0, 0.05) is 26.3 Å². The molecule has 1 N–H and O–H groups in total. The number of imidazole rings is 1. The highest BCUT2D eigenvalue weighted by Crippen LogP contribution is 2.33. The Morgan fingerprint density at radius 1 is 1.22 bits per heavy atom. The molecule has 1 aromatic heterocycles. The first-order valence-electron chi connectivity index (χ1n) is 8.16. The number of nitrogens with zero attached hydrogens (tertiary/aromatic N) is 3. The maximum absolute atomic E-state index is 13.1. The Morgan fingerprint density at radius 2 is 1.96 bits per heavy atom. The van der Waals surface area contributed by atoms with Gasteiger partial charge in [0.2, 0.25) is 0 Å². The van der Waals surface area contributed by atoms with Crippen LogP contribution in [0.5, 0.6) is 0 Å². The monoisotopic (exact) mass is 317 g/mol. The quantitative estimate of drug-likeness (QED) is 0.946. The van der Waals surface area contributed by atoms with E-state index in [0.717, 1.165) is 37.4 Å². The van der Waals surface area contributed by atoms with Gasteiger partial charge in [-0.15, -0.1) is 0 Å². The molecular weight excluding hydrogens is 293 g/mol. The predicted molar refractivity (Wildman–Crippen MR) is 87.4 cm³/mol. The second-order valence-electron chi connectivity index (χ2n) is 6.52. The second-order valence-corrected chi connectivity index (χ2v) is 6.52. The van der Waals surface area contributed by atoms with Gasteiger partial charge in [0.1, 0.15) is 11.6 Å². The Kier molecular flexibility index (Phi) is 4.50. The molecule has 1 unspecified atom stereocenters. The van der Waals surface area contributed by atoms with Crippen LogP contribution in [0.3, 0.4) is 0 Å². The highest BCUT2D eigenvalue weighted by Gasteiger charge is 2.32. The van der Waals surface area contributed by atoms with Gasteiger partial charge in [0.05, 0.1) is 11.3 Å². The molecule has 2 heterocycles. The molecule has 1 aliphatic heterocycles. The Morgan fingerprint density at radius 3 is 2.61 bits per heavy atom. The average molecular weight is 317 g/mol. The van der Waals surface area contributed by atoms with Crippen molar-refractivity contribution in [2.75, 3.05) is 13.1 Å². The van der Waals surface area contributed by atoms with E-state index in [1.54, 1.807) is 12.1 Å². The van der Waals surface area contributed by atoms with Crippen LogP contribution in [0.2, 0.25) is 0 Å². The second kappa shape index (κ2) is 6.42. The van der Waals surface area contributed by atoms with Crippen LogP contribution in [-0.2, 0) is 19.2 Å². The first-order valence-corrected chi connectivity index (χ1v) is 8.16. The van der Waals surface area contributed by atoms with E-state index in [9.17, 15) is 9.50 Å². The van der Waals surface area contributed by atoms with Crippen molar-refractivity contribution in [1.29, 1.82) is 0 Å². The minimum Gasteiger partial charge on any atom is -0.385 e. The third-order valence-electron chi connectivity index (χ3n) is 4.99. The zero-order valence-corrected chi connectivity index (χ0v) is 13.8. The van der Waals surface area contributed by atoms with Crippen LogP contribution in [0.1, 0.15) is 36.3 Å². The standard InChI is InChI=1S/C18H24FN3O/c1-14-20-12-17(21(14)2)13-22-10-3-8-18(23,9-11-22)15-4-6-16(19)7-5-15/h4-7,12,23H,3,8-11,13H2,1-2H3. The van der Waals surface area contributed by atoms with Crippen molar-refractivity contribution >= 4 is 0 Å². The van der Waals surface area contributed by atoms with Gasteiger partial charge in [-0.3, -0.25) is 4.90 Å². The maximum atomic E-state index is 13.1. The summed E-state index contributed by atoms with van der Waals surface area (Å²) >= 11 is 0. The number of rotatable bonds is 3. The molecule has 23 heavy (non-hydrogen) atoms. The topological polar surface area (TPSA) is 41.3 Å². The van der Waals surface area contributed by atoms with E-state index in [2.05, 4.69) is 14.5 Å². The van der Waals surface area contributed by atoms with Gasteiger partial charge >= 0.3 is 0 Å². The first-order chi connectivity index (χ1) is 11.0. The van der Waals surface area contributed by atoms with E-state index in [4.69, 9.17) is 0 Å². The summed E-state index contributed by atoms with van der Waals surface area (Å²) in [4.78, 5) is 6.70. The Hall–Kier alpha value is -1.72. The van der Waals surface area contributed by atoms with Crippen molar-refractivity contribution in [3.8, 4) is 0 Å². The lowest BCUT2D eigenvalue weighted by molar-refractivity contribution is 0.0209. The molecule has 1 saturated heterocycles. The Bertz CT molecular complexity index is 667. The summed E-state index contributed by atoms with van der Waals surface area (Å²) in [5, 5.41) is 11.0. The molecule has 2 aromatic rings. The van der Waals surface area contributed by atoms with E-state index in [-0.39, 0.29) is 5.82 Å². The molecule has 124 valence electrons. The highest BCUT2D eigenvalue weighted by atomic mass is 19.1. The summed E-state index contributed by atoms with van der Waals surface area (Å²) < 4.78 is 15.2. The lowest BCUT2D eigenvalue weighted by Crippen LogP contribution is -2.29. The minimum absolute atomic E-state index is 0.265. The van der Waals surface area contributed by atoms with Crippen LogP contribution in [0.15, 0.2) is 30.5 Å². The van der Waals surface area contributed by atoms with E-state index in [0.29, 0.717) is 12.8 Å². The minimum atomic E-state index is -0.856. The van der Waals surface area contributed by atoms with Crippen molar-refractivity contribution in [2.45, 2.75) is 38.3 Å². The Labute approximate surface area is 136 Å². The van der Waals surface area contributed by atoms with Crippen molar-refractivity contribution in [2.24, 2.45) is 7.05 Å². The van der Waals surface area contributed by atoms with Crippen molar-refractivity contribution in [1.82, 2.24) is 14.5 Å². The van der Waals surface area contributed by atoms with Gasteiger partial charge in [0.25, 0.3) is 0 Å². The van der Waals surface area contributed by atoms with Crippen LogP contribution in [0, 0.1) is 12.7 Å². The zero-order chi connectivity index (χ0) is 16.4. The molecule has 1 fully saturated rings. The fraction of sp³-hybridized carbons (Fsp3) is 0.500. The molecule has 0 aliphatic carbocycles. The number of hydrogen-bond donors (Lipinski definition) is 1. The largest absolute Gasteiger partial charge is 0.385 e. The van der Waals surface area contributed by atoms with Crippen LogP contribution >= 0.6 is 0 Å². The molecule has 1 aromatic carbocycles. The van der Waals surface area contributed by atoms with E-state index >= 15 is 0 Å². The third kappa shape index (κ3) is 3.46. The molecule has 3 rings (SSSR count). The molecule has 0 radical (unpaired) electrons. The van der Waals surface area contributed by atoms with Crippen molar-refractivity contribution in [3.63, 3.8) is 0 Å². The predicted octanol–water partition coefficient (Wildman–Crippen LogP) is 2.74. The highest BCUT2D eigenvalue weighted by molar-refractivity contribution is 5.23. The molecule has 0 bridgehead atoms. The average Bonchev–Trinajstić information content (AvgIpc) is 2.73. The summed E-state index contributed by atoms with van der Waals surface area (Å²) in [6.07, 6.45) is 4.21. The SMILES string of the molecule is Cc1ncc(CN2CCCC(O)(c3ccc(F)cc3)CC2)n1C. The summed E-state index contributed by atoms with van der Waals surface area (Å²) in [6.45, 7) is 4.61. The number of halogens is 1. The third-order valence-corrected chi connectivity index (χ3v) is 4.99. The van der Waals surface area contributed by atoms with Gasteiger partial charge in [0.15, 0.2) is 0 Å². The molecule has 0 saturated carbocycles. The number of hydrogen-bond acceptors (Lipinski definition) is 3. The fourth-order valence-electron chi connectivity index (χ4n) is 3.31. The van der Waals surface area contributed by atoms with Gasteiger partial charge in [-0.2, -0.15) is 0 Å². The van der Waals surface area contributed by atoms with Gasteiger partial charge in [-0.05, 0) is 50.4 Å². The Balaban J connectivity index is 1.69. The zero-order valence-electron chi connectivity index (χ0n) is 13.8. The molecule has 1 aliphatic rings. The fourth-order valence-corrected chi connectivity index (χ4v) is 3.31. The number of aliphatic hydroxyl groups is 1. The molecule has 4 nitrogen and oxygen atoms in total. The van der Waals surface area contributed by atoms with Crippen LogP contribution in [0.4, 0.5) is 4.39 Å². The number of likely N-dealkylation sites (tertiary alicyclic amines) is 1. The van der Waals surface area contributed by atoms with Crippen molar-refractivity contribution in [3.05, 3.63) is 53.4 Å². The first kappa shape index (κ1) is 16.1. The van der Waals surface area contributed by atoms with Crippen molar-refractivity contribution < 1.29 is 9.50 Å². The summed E-state index contributed by atoms with van der Waals surface area (Å²) in [6, 6.07) is 6.26. The molecular formula is C18H24FN3O. The maximum Gasteiger partial charge on any atom is 0.123 e. The van der Waals surface area contributed by atoms with E-state index in [1.807, 2.05) is 20.2 Å². The number of aryl methyl sites for hydroxylation is 1. The number of benzene rings is 1. The summed E-state index contributed by atoms with van der Waals surface area (Å²) in [7, 11) is 2.03. The molecule has 5 heteroatoms. The number of aromatic nitrogens is 2. The van der Waals surface area contributed by atoms with Gasteiger partial charge < -0.3 is 9.67 Å². The smallest absolute Gasteiger partial charge is 0.123 e. The molecule has 0 amide bonds. The summed E-state index contributed by atoms with van der Waals surface area (Å²) in [5.41, 5.74) is 1.15. The van der Waals surface area contributed by atoms with Crippen LogP contribution in [-0.4, -0.2) is 32.6 Å². The van der Waals surface area contributed by atoms with Crippen LogP contribution in [0.25, 0.3) is 0 Å². The summed E-state index contributed by atoms with van der Waals surface area (Å²) in [5.74, 6) is 0.747. The van der Waals surface area contributed by atoms with Gasteiger partial charge in [-0.1, -0.05) is 12.1 Å². The van der Waals surface area contributed by atoms with E-state index in [1.165, 1.54) is 17.8 Å². The lowest BCUT2D eigenvalue weighted by Gasteiger charge is -2.27. The molecule has 0 spiro atoms. The molecule has 1 atom stereocenters. The van der Waals surface area contributed by atoms with Gasteiger partial charge in [-0.25, -0.2) is 9.37 Å². The van der Waals surface area contributed by atoms with E-state index < -0.39 is 5.60 Å². The lowest BCUT2D eigenvalue weighted by atomic mass is 9.87.